The van der Waals surface area contributed by atoms with Crippen molar-refractivity contribution in [1.82, 2.24) is 10.5 Å². The normalized spacial score (nSPS) is 10.6. The molecular formula is C23H20N4O4. The number of nitrogens with zero attached hydrogens (tertiary/aromatic N) is 1. The van der Waals surface area contributed by atoms with E-state index < -0.39 is 5.91 Å². The standard InChI is InChI=1S/C23H20N4O4/c1-30-16-8-4-7-15(12-16)26-23(29)25-13-14-6-2-3-9-17(14)21-20-18(22(24)28)10-5-11-19(20)31-27-21/h2-12H,13H2,1H3,(H2,24,28)(H2,25,26,29). The van der Waals surface area contributed by atoms with Crippen LogP contribution >= 0.6 is 0 Å². The largest absolute Gasteiger partial charge is 0.497 e. The van der Waals surface area contributed by atoms with Crippen LogP contribution in [0.1, 0.15) is 15.9 Å². The summed E-state index contributed by atoms with van der Waals surface area (Å²) in [7, 11) is 1.56. The Hall–Kier alpha value is -4.33. The van der Waals surface area contributed by atoms with Gasteiger partial charge in [0.05, 0.1) is 18.1 Å². The molecule has 156 valence electrons. The summed E-state index contributed by atoms with van der Waals surface area (Å²) in [5, 5.41) is 10.3. The van der Waals surface area contributed by atoms with E-state index in [4.69, 9.17) is 15.0 Å². The molecular weight excluding hydrogens is 396 g/mol. The third kappa shape index (κ3) is 4.18. The lowest BCUT2D eigenvalue weighted by molar-refractivity contribution is 0.100. The van der Waals surface area contributed by atoms with Crippen molar-refractivity contribution in [2.24, 2.45) is 5.73 Å². The quantitative estimate of drug-likeness (QED) is 0.440. The van der Waals surface area contributed by atoms with E-state index in [1.54, 1.807) is 49.6 Å². The number of fused-ring (bicyclic) bond motifs is 1. The number of methoxy groups -OCH3 is 1. The Morgan fingerprint density at radius 3 is 2.68 bits per heavy atom. The molecule has 1 heterocycles. The Morgan fingerprint density at radius 1 is 1.06 bits per heavy atom. The van der Waals surface area contributed by atoms with Crippen molar-refractivity contribution >= 4 is 28.6 Å². The van der Waals surface area contributed by atoms with Gasteiger partial charge in [0.25, 0.3) is 0 Å². The molecule has 4 rings (SSSR count). The molecule has 31 heavy (non-hydrogen) atoms. The Balaban J connectivity index is 1.58. The van der Waals surface area contributed by atoms with Gasteiger partial charge >= 0.3 is 6.03 Å². The highest BCUT2D eigenvalue weighted by atomic mass is 16.5. The molecule has 0 saturated heterocycles. The van der Waals surface area contributed by atoms with E-state index in [-0.39, 0.29) is 12.6 Å². The number of ether oxygens (including phenoxy) is 1. The molecule has 0 aliphatic rings. The second-order valence-corrected chi connectivity index (χ2v) is 6.77. The lowest BCUT2D eigenvalue weighted by Crippen LogP contribution is -2.28. The first-order valence-electron chi connectivity index (χ1n) is 9.52. The van der Waals surface area contributed by atoms with Crippen LogP contribution in [0.15, 0.2) is 71.3 Å². The zero-order valence-electron chi connectivity index (χ0n) is 16.7. The molecule has 0 fully saturated rings. The van der Waals surface area contributed by atoms with E-state index in [1.165, 1.54) is 0 Å². The van der Waals surface area contributed by atoms with Crippen molar-refractivity contribution in [3.05, 3.63) is 77.9 Å². The van der Waals surface area contributed by atoms with Gasteiger partial charge in [-0.05, 0) is 29.8 Å². The molecule has 0 aliphatic heterocycles. The first kappa shape index (κ1) is 20.0. The number of nitrogens with one attached hydrogen (secondary N) is 2. The summed E-state index contributed by atoms with van der Waals surface area (Å²) in [6, 6.07) is 19.2. The number of aromatic nitrogens is 1. The van der Waals surface area contributed by atoms with Crippen molar-refractivity contribution in [3.8, 4) is 17.0 Å². The molecule has 0 aliphatic carbocycles. The van der Waals surface area contributed by atoms with Gasteiger partial charge in [-0.2, -0.15) is 0 Å². The first-order chi connectivity index (χ1) is 15.1. The lowest BCUT2D eigenvalue weighted by atomic mass is 9.99. The van der Waals surface area contributed by atoms with Crippen LogP contribution in [0.25, 0.3) is 22.2 Å². The third-order valence-corrected chi connectivity index (χ3v) is 4.80. The number of primary amides is 1. The molecule has 0 spiro atoms. The summed E-state index contributed by atoms with van der Waals surface area (Å²) in [6.45, 7) is 0.235. The van der Waals surface area contributed by atoms with Crippen molar-refractivity contribution in [1.29, 1.82) is 0 Å². The van der Waals surface area contributed by atoms with Crippen LogP contribution in [-0.2, 0) is 6.54 Å². The van der Waals surface area contributed by atoms with E-state index in [9.17, 15) is 9.59 Å². The number of nitrogens with two attached hydrogens (primary N) is 1. The molecule has 8 heteroatoms. The van der Waals surface area contributed by atoms with Crippen LogP contribution in [0.5, 0.6) is 5.75 Å². The van der Waals surface area contributed by atoms with Gasteiger partial charge in [-0.1, -0.05) is 41.6 Å². The summed E-state index contributed by atoms with van der Waals surface area (Å²) < 4.78 is 10.6. The van der Waals surface area contributed by atoms with Crippen molar-refractivity contribution in [3.63, 3.8) is 0 Å². The summed E-state index contributed by atoms with van der Waals surface area (Å²) in [4.78, 5) is 24.3. The predicted molar refractivity (Wildman–Crippen MR) is 117 cm³/mol. The molecule has 3 amide bonds. The van der Waals surface area contributed by atoms with Crippen LogP contribution in [0.2, 0.25) is 0 Å². The SMILES string of the molecule is COc1cccc(NC(=O)NCc2ccccc2-c2noc3cccc(C(N)=O)c23)c1. The van der Waals surface area contributed by atoms with E-state index in [0.29, 0.717) is 33.7 Å². The van der Waals surface area contributed by atoms with Crippen molar-refractivity contribution in [2.45, 2.75) is 6.54 Å². The maximum absolute atomic E-state index is 12.4. The van der Waals surface area contributed by atoms with Crippen LogP contribution in [0.3, 0.4) is 0 Å². The average molecular weight is 416 g/mol. The molecule has 4 aromatic rings. The Labute approximate surface area is 178 Å². The van der Waals surface area contributed by atoms with Crippen molar-refractivity contribution < 1.29 is 18.8 Å². The lowest BCUT2D eigenvalue weighted by Gasteiger charge is -2.11. The second-order valence-electron chi connectivity index (χ2n) is 6.77. The van der Waals surface area contributed by atoms with Crippen LogP contribution in [0.4, 0.5) is 10.5 Å². The maximum atomic E-state index is 12.4. The molecule has 4 N–H and O–H groups in total. The highest BCUT2D eigenvalue weighted by molar-refractivity contribution is 6.10. The minimum atomic E-state index is -0.566. The second kappa shape index (κ2) is 8.58. The molecule has 1 aromatic heterocycles. The summed E-state index contributed by atoms with van der Waals surface area (Å²) in [6.07, 6.45) is 0. The number of rotatable bonds is 6. The smallest absolute Gasteiger partial charge is 0.319 e. The monoisotopic (exact) mass is 416 g/mol. The molecule has 8 nitrogen and oxygen atoms in total. The van der Waals surface area contributed by atoms with Crippen LogP contribution in [-0.4, -0.2) is 24.2 Å². The molecule has 0 unspecified atom stereocenters. The van der Waals surface area contributed by atoms with Crippen LogP contribution in [0, 0.1) is 0 Å². The number of anilines is 1. The van der Waals surface area contributed by atoms with E-state index in [1.807, 2.05) is 24.3 Å². The van der Waals surface area contributed by atoms with Gasteiger partial charge in [-0.15, -0.1) is 0 Å². The van der Waals surface area contributed by atoms with Gasteiger partial charge in [0.2, 0.25) is 5.91 Å². The molecule has 0 radical (unpaired) electrons. The Kier molecular flexibility index (Phi) is 5.53. The van der Waals surface area contributed by atoms with E-state index in [2.05, 4.69) is 15.8 Å². The highest BCUT2D eigenvalue weighted by Crippen LogP contribution is 2.32. The average Bonchev–Trinajstić information content (AvgIpc) is 3.22. The number of carbonyl (C=O) groups is 2. The van der Waals surface area contributed by atoms with Gasteiger partial charge in [-0.3, -0.25) is 4.79 Å². The Bertz CT molecular complexity index is 1270. The minimum Gasteiger partial charge on any atom is -0.497 e. The summed E-state index contributed by atoms with van der Waals surface area (Å²) >= 11 is 0. The molecule has 0 bridgehead atoms. The summed E-state index contributed by atoms with van der Waals surface area (Å²) in [5.41, 5.74) is 8.96. The Morgan fingerprint density at radius 2 is 1.87 bits per heavy atom. The number of urea groups is 1. The van der Waals surface area contributed by atoms with Crippen LogP contribution < -0.4 is 21.1 Å². The number of hydrogen-bond acceptors (Lipinski definition) is 5. The third-order valence-electron chi connectivity index (χ3n) is 4.80. The van der Waals surface area contributed by atoms with Gasteiger partial charge in [-0.25, -0.2) is 4.79 Å². The summed E-state index contributed by atoms with van der Waals surface area (Å²) in [5.74, 6) is 0.0784. The predicted octanol–water partition coefficient (Wildman–Crippen LogP) is 3.92. The highest BCUT2D eigenvalue weighted by Gasteiger charge is 2.19. The number of benzene rings is 3. The fourth-order valence-electron chi connectivity index (χ4n) is 3.34. The van der Waals surface area contributed by atoms with E-state index in [0.717, 1.165) is 11.1 Å². The molecule has 0 atom stereocenters. The topological polar surface area (TPSA) is 119 Å². The molecule has 0 saturated carbocycles. The van der Waals surface area contributed by atoms with Gasteiger partial charge < -0.3 is 25.6 Å². The maximum Gasteiger partial charge on any atom is 0.319 e. The van der Waals surface area contributed by atoms with Gasteiger partial charge in [0, 0.05) is 23.9 Å². The first-order valence-corrected chi connectivity index (χ1v) is 9.52. The zero-order valence-corrected chi connectivity index (χ0v) is 16.7. The fraction of sp³-hybridized carbons (Fsp3) is 0.0870. The van der Waals surface area contributed by atoms with Gasteiger partial charge in [0.1, 0.15) is 11.4 Å². The number of hydrogen-bond donors (Lipinski definition) is 3. The number of carbonyl (C=O) groups excluding carboxylic acids is 2. The van der Waals surface area contributed by atoms with Gasteiger partial charge in [0.15, 0.2) is 5.58 Å². The molecule has 3 aromatic carbocycles. The number of amides is 3. The van der Waals surface area contributed by atoms with Crippen molar-refractivity contribution in [2.75, 3.05) is 12.4 Å². The van der Waals surface area contributed by atoms with E-state index >= 15 is 0 Å². The minimum absolute atomic E-state index is 0.235. The zero-order chi connectivity index (χ0) is 21.8. The fourth-order valence-corrected chi connectivity index (χ4v) is 3.34.